The van der Waals surface area contributed by atoms with Gasteiger partial charge in [-0.2, -0.15) is 0 Å². The molecule has 1 aromatic carbocycles. The van der Waals surface area contributed by atoms with Gasteiger partial charge in [-0.1, -0.05) is 13.8 Å². The van der Waals surface area contributed by atoms with Gasteiger partial charge in [-0.15, -0.1) is 0 Å². The molecule has 0 fully saturated rings. The van der Waals surface area contributed by atoms with E-state index in [1.807, 2.05) is 6.92 Å². The minimum absolute atomic E-state index is 0.0396. The zero-order chi connectivity index (χ0) is 15.9. The Labute approximate surface area is 131 Å². The average molecular weight is 307 g/mol. The van der Waals surface area contributed by atoms with Crippen LogP contribution in [-0.4, -0.2) is 38.4 Å². The molecule has 0 unspecified atom stereocenters. The van der Waals surface area contributed by atoms with Gasteiger partial charge >= 0.3 is 0 Å². The molecular formula is C17H25NO4. The topological polar surface area (TPSA) is 56.8 Å². The Bertz CT molecular complexity index is 501. The molecule has 1 aliphatic heterocycles. The van der Waals surface area contributed by atoms with Gasteiger partial charge in [0.25, 0.3) is 5.91 Å². The number of amides is 1. The minimum Gasteiger partial charge on any atom is -0.490 e. The van der Waals surface area contributed by atoms with Crippen molar-refractivity contribution < 1.29 is 19.0 Å². The monoisotopic (exact) mass is 307 g/mol. The third kappa shape index (κ3) is 4.91. The fraction of sp³-hybridized carbons (Fsp3) is 0.588. The quantitative estimate of drug-likeness (QED) is 0.878. The first-order chi connectivity index (χ1) is 10.6. The van der Waals surface area contributed by atoms with E-state index in [-0.39, 0.29) is 11.9 Å². The summed E-state index contributed by atoms with van der Waals surface area (Å²) in [4.78, 5) is 12.3. The molecule has 5 nitrogen and oxygen atoms in total. The molecule has 1 aliphatic rings. The lowest BCUT2D eigenvalue weighted by Gasteiger charge is -2.16. The Morgan fingerprint density at radius 3 is 2.64 bits per heavy atom. The molecule has 122 valence electrons. The summed E-state index contributed by atoms with van der Waals surface area (Å²) in [5.41, 5.74) is 0.569. The smallest absolute Gasteiger partial charge is 0.251 e. The van der Waals surface area contributed by atoms with Gasteiger partial charge in [0.05, 0.1) is 19.8 Å². The van der Waals surface area contributed by atoms with Crippen molar-refractivity contribution >= 4 is 5.91 Å². The van der Waals surface area contributed by atoms with Crippen molar-refractivity contribution in [2.24, 2.45) is 5.92 Å². The van der Waals surface area contributed by atoms with Crippen LogP contribution in [0, 0.1) is 5.92 Å². The van der Waals surface area contributed by atoms with E-state index < -0.39 is 0 Å². The van der Waals surface area contributed by atoms with Crippen molar-refractivity contribution in [2.45, 2.75) is 33.2 Å². The second-order valence-corrected chi connectivity index (χ2v) is 6.02. The lowest BCUT2D eigenvalue weighted by molar-refractivity contribution is 0.0791. The lowest BCUT2D eigenvalue weighted by atomic mass is 10.1. The maximum Gasteiger partial charge on any atom is 0.251 e. The molecule has 5 heteroatoms. The highest BCUT2D eigenvalue weighted by Gasteiger charge is 2.15. The third-order valence-corrected chi connectivity index (χ3v) is 3.21. The van der Waals surface area contributed by atoms with Crippen LogP contribution in [-0.2, 0) is 4.74 Å². The maximum atomic E-state index is 12.3. The molecule has 0 spiro atoms. The highest BCUT2D eigenvalue weighted by atomic mass is 16.5. The van der Waals surface area contributed by atoms with E-state index in [0.29, 0.717) is 49.4 Å². The van der Waals surface area contributed by atoms with Crippen LogP contribution < -0.4 is 14.8 Å². The summed E-state index contributed by atoms with van der Waals surface area (Å²) in [5.74, 6) is 1.69. The molecule has 0 aromatic heterocycles. The van der Waals surface area contributed by atoms with E-state index >= 15 is 0 Å². The minimum atomic E-state index is -0.128. The summed E-state index contributed by atoms with van der Waals surface area (Å²) in [6.45, 7) is 8.59. The van der Waals surface area contributed by atoms with Crippen molar-refractivity contribution in [2.75, 3.05) is 26.4 Å². The Hall–Kier alpha value is -1.75. The normalized spacial score (nSPS) is 15.3. The highest BCUT2D eigenvalue weighted by molar-refractivity contribution is 5.95. The largest absolute Gasteiger partial charge is 0.490 e. The molecule has 1 heterocycles. The number of rotatable bonds is 6. The SMILES string of the molecule is CC(C)COC[C@@H](C)NC(=O)c1ccc2c(c1)OCCCO2. The predicted octanol–water partition coefficient (Wildman–Crippen LogP) is 2.64. The van der Waals surface area contributed by atoms with Crippen LogP contribution in [0.3, 0.4) is 0 Å². The van der Waals surface area contributed by atoms with Gasteiger partial charge in [0.2, 0.25) is 0 Å². The molecule has 1 aromatic rings. The summed E-state index contributed by atoms with van der Waals surface area (Å²) in [6.07, 6.45) is 0.848. The second-order valence-electron chi connectivity index (χ2n) is 6.02. The molecule has 22 heavy (non-hydrogen) atoms. The van der Waals surface area contributed by atoms with E-state index in [1.54, 1.807) is 18.2 Å². The van der Waals surface area contributed by atoms with E-state index in [0.717, 1.165) is 6.42 Å². The first kappa shape index (κ1) is 16.6. The fourth-order valence-electron chi connectivity index (χ4n) is 2.13. The first-order valence-corrected chi connectivity index (χ1v) is 7.84. The number of carbonyl (C=O) groups is 1. The van der Waals surface area contributed by atoms with Crippen LogP contribution in [0.2, 0.25) is 0 Å². The average Bonchev–Trinajstić information content (AvgIpc) is 2.71. The summed E-state index contributed by atoms with van der Waals surface area (Å²) < 4.78 is 16.7. The van der Waals surface area contributed by atoms with Gasteiger partial charge in [0, 0.05) is 24.6 Å². The van der Waals surface area contributed by atoms with Crippen LogP contribution in [0.5, 0.6) is 11.5 Å². The molecule has 1 N–H and O–H groups in total. The van der Waals surface area contributed by atoms with E-state index in [9.17, 15) is 4.79 Å². The van der Waals surface area contributed by atoms with Crippen LogP contribution >= 0.6 is 0 Å². The molecule has 0 radical (unpaired) electrons. The molecule has 1 atom stereocenters. The molecular weight excluding hydrogens is 282 g/mol. The Balaban J connectivity index is 1.90. The number of benzene rings is 1. The molecule has 1 amide bonds. The Kier molecular flexibility index (Phi) is 6.07. The van der Waals surface area contributed by atoms with Crippen molar-refractivity contribution in [3.63, 3.8) is 0 Å². The standard InChI is InChI=1S/C17H25NO4/c1-12(2)10-20-11-13(3)18-17(19)14-5-6-15-16(9-14)22-8-4-7-21-15/h5-6,9,12-13H,4,7-8,10-11H2,1-3H3,(H,18,19)/t13-/m1/s1. The van der Waals surface area contributed by atoms with Crippen LogP contribution in [0.25, 0.3) is 0 Å². The van der Waals surface area contributed by atoms with Gasteiger partial charge in [-0.25, -0.2) is 0 Å². The molecule has 0 saturated heterocycles. The van der Waals surface area contributed by atoms with Crippen LogP contribution in [0.1, 0.15) is 37.6 Å². The second kappa shape index (κ2) is 8.03. The third-order valence-electron chi connectivity index (χ3n) is 3.21. The number of carbonyl (C=O) groups excluding carboxylic acids is 1. The van der Waals surface area contributed by atoms with Crippen molar-refractivity contribution in [3.05, 3.63) is 23.8 Å². The number of nitrogens with one attached hydrogen (secondary N) is 1. The number of fused-ring (bicyclic) bond motifs is 1. The summed E-state index contributed by atoms with van der Waals surface area (Å²) in [6, 6.07) is 5.24. The van der Waals surface area contributed by atoms with Gasteiger partial charge < -0.3 is 19.5 Å². The van der Waals surface area contributed by atoms with E-state index in [2.05, 4.69) is 19.2 Å². The van der Waals surface area contributed by atoms with Gasteiger partial charge in [-0.05, 0) is 31.0 Å². The maximum absolute atomic E-state index is 12.3. The Morgan fingerprint density at radius 1 is 1.18 bits per heavy atom. The van der Waals surface area contributed by atoms with Gasteiger partial charge in [0.15, 0.2) is 11.5 Å². The summed E-state index contributed by atoms with van der Waals surface area (Å²) in [5, 5.41) is 2.93. The molecule has 0 aliphatic carbocycles. The molecule has 0 bridgehead atoms. The number of hydrogen-bond acceptors (Lipinski definition) is 4. The van der Waals surface area contributed by atoms with E-state index in [4.69, 9.17) is 14.2 Å². The number of ether oxygens (including phenoxy) is 3. The van der Waals surface area contributed by atoms with Gasteiger partial charge in [0.1, 0.15) is 0 Å². The highest BCUT2D eigenvalue weighted by Crippen LogP contribution is 2.30. The van der Waals surface area contributed by atoms with E-state index in [1.165, 1.54) is 0 Å². The fourth-order valence-corrected chi connectivity index (χ4v) is 2.13. The zero-order valence-corrected chi connectivity index (χ0v) is 13.6. The summed E-state index contributed by atoms with van der Waals surface area (Å²) in [7, 11) is 0. The van der Waals surface area contributed by atoms with Crippen molar-refractivity contribution in [1.29, 1.82) is 0 Å². The summed E-state index contributed by atoms with van der Waals surface area (Å²) >= 11 is 0. The molecule has 0 saturated carbocycles. The van der Waals surface area contributed by atoms with Gasteiger partial charge in [-0.3, -0.25) is 4.79 Å². The Morgan fingerprint density at radius 2 is 1.91 bits per heavy atom. The van der Waals surface area contributed by atoms with Crippen molar-refractivity contribution in [3.8, 4) is 11.5 Å². The zero-order valence-electron chi connectivity index (χ0n) is 13.6. The number of hydrogen-bond donors (Lipinski definition) is 1. The van der Waals surface area contributed by atoms with Crippen LogP contribution in [0.4, 0.5) is 0 Å². The predicted molar refractivity (Wildman–Crippen MR) is 84.6 cm³/mol. The van der Waals surface area contributed by atoms with Crippen LogP contribution in [0.15, 0.2) is 18.2 Å². The van der Waals surface area contributed by atoms with Crippen molar-refractivity contribution in [1.82, 2.24) is 5.32 Å². The first-order valence-electron chi connectivity index (χ1n) is 7.84. The molecule has 2 rings (SSSR count). The lowest BCUT2D eigenvalue weighted by Crippen LogP contribution is -2.36.